The van der Waals surface area contributed by atoms with Crippen LogP contribution in [0.15, 0.2) is 152 Å². The zero-order chi connectivity index (χ0) is 29.3. The van der Waals surface area contributed by atoms with Crippen LogP contribution in [-0.2, 0) is 0 Å². The summed E-state index contributed by atoms with van der Waals surface area (Å²) in [5.41, 5.74) is 10.3. The third kappa shape index (κ3) is 4.83. The van der Waals surface area contributed by atoms with Gasteiger partial charge in [-0.15, -0.1) is 0 Å². The van der Waals surface area contributed by atoms with Gasteiger partial charge in [-0.1, -0.05) is 84.9 Å². The quantitative estimate of drug-likeness (QED) is 0.230. The predicted molar refractivity (Wildman–Crippen MR) is 178 cm³/mol. The minimum Gasteiger partial charge on any atom is -0.456 e. The fraction of sp³-hybridized carbons (Fsp3) is 0.0250. The predicted octanol–water partition coefficient (Wildman–Crippen LogP) is 10.1. The van der Waals surface area contributed by atoms with Crippen LogP contribution >= 0.6 is 0 Å². The maximum atomic E-state index is 7.00. The molecule has 8 rings (SSSR count). The van der Waals surface area contributed by atoms with Crippen molar-refractivity contribution in [1.29, 1.82) is 0 Å². The summed E-state index contributed by atoms with van der Waals surface area (Å²) in [6.07, 6.45) is 9.98. The summed E-state index contributed by atoms with van der Waals surface area (Å²) < 4.78 is 13.7. The number of ether oxygens (including phenoxy) is 2. The summed E-state index contributed by atoms with van der Waals surface area (Å²) in [6, 6.07) is 41.7. The van der Waals surface area contributed by atoms with Crippen molar-refractivity contribution in [3.05, 3.63) is 158 Å². The van der Waals surface area contributed by atoms with Gasteiger partial charge in [0.1, 0.15) is 23.0 Å². The number of pyridine rings is 1. The maximum absolute atomic E-state index is 7.00. The summed E-state index contributed by atoms with van der Waals surface area (Å²) in [4.78, 5) is 4.31. The normalized spacial score (nSPS) is 13.0. The molecule has 0 radical (unpaired) electrons. The number of aromatic nitrogens is 1. The second kappa shape index (κ2) is 11.1. The molecule has 2 aliphatic heterocycles. The smallest absolute Gasteiger partial charge is 0.136 e. The van der Waals surface area contributed by atoms with E-state index >= 15 is 0 Å². The standard InChI is InChI=1S/C40H28N2O2/c1-3-15-37-32(12-1)34-19-17-29(27-9-7-10-28(23-27)31-11-8-21-41-26-31)24-39(34)44-40-25-30(36-14-5-6-22-42-36)18-20-35(40)33-13-2-4-16-38(33)43-37/h1-21,23-26,42H,22H2. The molecule has 5 aromatic carbocycles. The minimum atomic E-state index is 0.758. The molecule has 4 heteroatoms. The molecule has 0 saturated carbocycles. The molecule has 4 nitrogen and oxygen atoms in total. The van der Waals surface area contributed by atoms with Crippen LogP contribution in [0.3, 0.4) is 0 Å². The van der Waals surface area contributed by atoms with Gasteiger partial charge < -0.3 is 14.8 Å². The first-order chi connectivity index (χ1) is 21.8. The van der Waals surface area contributed by atoms with Gasteiger partial charge in [-0.2, -0.15) is 0 Å². The molecule has 0 bridgehead atoms. The van der Waals surface area contributed by atoms with Crippen LogP contribution in [0.1, 0.15) is 5.56 Å². The molecule has 0 aliphatic carbocycles. The molecule has 0 spiro atoms. The zero-order valence-corrected chi connectivity index (χ0v) is 23.9. The lowest BCUT2D eigenvalue weighted by Crippen LogP contribution is -2.14. The molecule has 0 amide bonds. The summed E-state index contributed by atoms with van der Waals surface area (Å²) in [7, 11) is 0. The van der Waals surface area contributed by atoms with Gasteiger partial charge in [0, 0.05) is 58.0 Å². The first-order valence-corrected chi connectivity index (χ1v) is 14.7. The van der Waals surface area contributed by atoms with Crippen molar-refractivity contribution in [3.8, 4) is 67.5 Å². The second-order valence-electron chi connectivity index (χ2n) is 10.8. The van der Waals surface area contributed by atoms with Crippen molar-refractivity contribution in [2.24, 2.45) is 0 Å². The molecule has 2 aliphatic rings. The molecular weight excluding hydrogens is 540 g/mol. The number of hydrogen-bond acceptors (Lipinski definition) is 4. The largest absolute Gasteiger partial charge is 0.456 e. The van der Waals surface area contributed by atoms with Gasteiger partial charge in [0.25, 0.3) is 0 Å². The lowest BCUT2D eigenvalue weighted by atomic mass is 9.95. The lowest BCUT2D eigenvalue weighted by Gasteiger charge is -2.23. The Labute approximate surface area is 256 Å². The van der Waals surface area contributed by atoms with Crippen molar-refractivity contribution >= 4 is 5.70 Å². The summed E-state index contributed by atoms with van der Waals surface area (Å²) in [5, 5.41) is 3.48. The lowest BCUT2D eigenvalue weighted by molar-refractivity contribution is 0.472. The van der Waals surface area contributed by atoms with Crippen molar-refractivity contribution in [1.82, 2.24) is 10.3 Å². The van der Waals surface area contributed by atoms with E-state index in [0.29, 0.717) is 0 Å². The Morgan fingerprint density at radius 1 is 0.500 bits per heavy atom. The molecule has 0 saturated heterocycles. The Kier molecular flexibility index (Phi) is 6.50. The van der Waals surface area contributed by atoms with Crippen LogP contribution in [0.25, 0.3) is 50.2 Å². The van der Waals surface area contributed by atoms with Crippen LogP contribution < -0.4 is 14.8 Å². The molecule has 1 aromatic heterocycles. The second-order valence-corrected chi connectivity index (χ2v) is 10.8. The number of nitrogens with one attached hydrogen (secondary N) is 1. The maximum Gasteiger partial charge on any atom is 0.136 e. The van der Waals surface area contributed by atoms with E-state index in [2.05, 4.69) is 107 Å². The molecule has 44 heavy (non-hydrogen) atoms. The average Bonchev–Trinajstić information content (AvgIpc) is 3.10. The van der Waals surface area contributed by atoms with E-state index in [-0.39, 0.29) is 0 Å². The van der Waals surface area contributed by atoms with E-state index in [1.165, 1.54) is 0 Å². The van der Waals surface area contributed by atoms with Gasteiger partial charge in [0.2, 0.25) is 0 Å². The number of benzene rings is 5. The molecule has 0 atom stereocenters. The van der Waals surface area contributed by atoms with Crippen LogP contribution in [0, 0.1) is 0 Å². The molecule has 1 N–H and O–H groups in total. The van der Waals surface area contributed by atoms with E-state index in [0.717, 1.165) is 85.3 Å². The van der Waals surface area contributed by atoms with E-state index in [1.807, 2.05) is 48.7 Å². The Balaban J connectivity index is 1.32. The number of dihydropyridines is 1. The van der Waals surface area contributed by atoms with Crippen molar-refractivity contribution in [2.45, 2.75) is 0 Å². The highest BCUT2D eigenvalue weighted by molar-refractivity contribution is 5.85. The minimum absolute atomic E-state index is 0.758. The highest BCUT2D eigenvalue weighted by Gasteiger charge is 2.21. The van der Waals surface area contributed by atoms with Gasteiger partial charge >= 0.3 is 0 Å². The highest BCUT2D eigenvalue weighted by Crippen LogP contribution is 2.48. The molecule has 3 heterocycles. The molecular formula is C40H28N2O2. The van der Waals surface area contributed by atoms with Crippen LogP contribution in [0.2, 0.25) is 0 Å². The van der Waals surface area contributed by atoms with Crippen molar-refractivity contribution < 1.29 is 9.47 Å². The number of hydrogen-bond donors (Lipinski definition) is 1. The third-order valence-corrected chi connectivity index (χ3v) is 8.07. The van der Waals surface area contributed by atoms with Crippen LogP contribution in [-0.4, -0.2) is 11.5 Å². The van der Waals surface area contributed by atoms with Gasteiger partial charge in [0.15, 0.2) is 0 Å². The van der Waals surface area contributed by atoms with E-state index in [4.69, 9.17) is 9.47 Å². The molecule has 0 unspecified atom stereocenters. The van der Waals surface area contributed by atoms with E-state index < -0.39 is 0 Å². The van der Waals surface area contributed by atoms with Gasteiger partial charge in [0.05, 0.1) is 0 Å². The highest BCUT2D eigenvalue weighted by atomic mass is 16.5. The number of para-hydroxylation sites is 2. The zero-order valence-electron chi connectivity index (χ0n) is 23.9. The number of allylic oxidation sites excluding steroid dienone is 2. The van der Waals surface area contributed by atoms with Crippen molar-refractivity contribution in [3.63, 3.8) is 0 Å². The van der Waals surface area contributed by atoms with Crippen LogP contribution in [0.4, 0.5) is 0 Å². The average molecular weight is 569 g/mol. The Hall–Kier alpha value is -5.87. The topological polar surface area (TPSA) is 43.4 Å². The number of fused-ring (bicyclic) bond motifs is 6. The molecule has 6 aromatic rings. The SMILES string of the molecule is C1=CCNC(c2ccc3c(c2)Oc2cc(-c4cccc(-c5cccnc5)c4)ccc2-c2ccccc2Oc2ccccc2-3)=C1. The van der Waals surface area contributed by atoms with Crippen molar-refractivity contribution in [2.75, 3.05) is 6.54 Å². The number of rotatable bonds is 3. The van der Waals surface area contributed by atoms with Gasteiger partial charge in [-0.3, -0.25) is 4.98 Å². The van der Waals surface area contributed by atoms with Crippen LogP contribution in [0.5, 0.6) is 23.0 Å². The third-order valence-electron chi connectivity index (χ3n) is 8.07. The Morgan fingerprint density at radius 3 is 1.77 bits per heavy atom. The summed E-state index contributed by atoms with van der Waals surface area (Å²) in [5.74, 6) is 3.08. The van der Waals surface area contributed by atoms with E-state index in [1.54, 1.807) is 6.20 Å². The molecule has 210 valence electrons. The fourth-order valence-corrected chi connectivity index (χ4v) is 5.87. The first kappa shape index (κ1) is 25.8. The first-order valence-electron chi connectivity index (χ1n) is 14.7. The number of nitrogens with zero attached hydrogens (tertiary/aromatic N) is 1. The Morgan fingerprint density at radius 2 is 1.09 bits per heavy atom. The fourth-order valence-electron chi connectivity index (χ4n) is 5.87. The Bertz CT molecular complexity index is 2080. The monoisotopic (exact) mass is 568 g/mol. The van der Waals surface area contributed by atoms with E-state index in [9.17, 15) is 0 Å². The molecule has 0 fully saturated rings. The summed E-state index contributed by atoms with van der Waals surface area (Å²) in [6.45, 7) is 0.793. The summed E-state index contributed by atoms with van der Waals surface area (Å²) >= 11 is 0. The van der Waals surface area contributed by atoms with Gasteiger partial charge in [-0.25, -0.2) is 0 Å². The van der Waals surface area contributed by atoms with Gasteiger partial charge in [-0.05, 0) is 71.3 Å².